The summed E-state index contributed by atoms with van der Waals surface area (Å²) >= 11 is 0. The van der Waals surface area contributed by atoms with E-state index in [0.717, 1.165) is 6.42 Å². The average molecular weight is 360 g/mol. The topological polar surface area (TPSA) is 103 Å². The number of fused-ring (bicyclic) bond motifs is 1. The van der Waals surface area contributed by atoms with E-state index in [1.165, 1.54) is 6.07 Å². The van der Waals surface area contributed by atoms with Gasteiger partial charge in [-0.15, -0.1) is 24.8 Å². The molecule has 23 heavy (non-hydrogen) atoms. The molecule has 6 nitrogen and oxygen atoms in total. The predicted molar refractivity (Wildman–Crippen MR) is 93.4 cm³/mol. The van der Waals surface area contributed by atoms with Gasteiger partial charge in [0.05, 0.1) is 11.9 Å². The fourth-order valence-electron chi connectivity index (χ4n) is 2.59. The van der Waals surface area contributed by atoms with Crippen LogP contribution in [0.5, 0.6) is 0 Å². The first kappa shape index (κ1) is 19.4. The molecule has 2 heterocycles. The van der Waals surface area contributed by atoms with Gasteiger partial charge in [-0.3, -0.25) is 9.59 Å². The summed E-state index contributed by atoms with van der Waals surface area (Å²) in [5, 5.41) is 0.390. The Kier molecular flexibility index (Phi) is 6.58. The lowest BCUT2D eigenvalue weighted by atomic mass is 10.1. The molecule has 1 fully saturated rings. The van der Waals surface area contributed by atoms with Crippen LogP contribution >= 0.6 is 24.8 Å². The Morgan fingerprint density at radius 1 is 1.30 bits per heavy atom. The van der Waals surface area contributed by atoms with Crippen LogP contribution < -0.4 is 16.9 Å². The summed E-state index contributed by atoms with van der Waals surface area (Å²) in [5.41, 5.74) is 12.0. The molecule has 1 aliphatic heterocycles. The molecule has 0 saturated carbocycles. The summed E-state index contributed by atoms with van der Waals surface area (Å²) in [5.74, 6) is 0.323. The maximum atomic E-state index is 12.4. The molecule has 8 heteroatoms. The number of amides is 1. The van der Waals surface area contributed by atoms with Crippen LogP contribution in [-0.2, 0) is 6.54 Å². The zero-order valence-corrected chi connectivity index (χ0v) is 14.0. The van der Waals surface area contributed by atoms with Crippen LogP contribution in [0.4, 0.5) is 0 Å². The van der Waals surface area contributed by atoms with Crippen LogP contribution in [0.15, 0.2) is 33.5 Å². The molecule has 3 rings (SSSR count). The van der Waals surface area contributed by atoms with E-state index in [1.807, 2.05) is 0 Å². The standard InChI is InChI=1S/C15H17N3O3.2ClH/c16-7-11-6-13(19)12-5-9(1-2-14(12)21-11)15(20)18-4-3-10(17)8-18;;/h1-2,5-6,10H,3-4,7-8,16-17H2;2*1H/t10-;;/m1../s1. The summed E-state index contributed by atoms with van der Waals surface area (Å²) in [6.07, 6.45) is 0.807. The third-order valence-electron chi connectivity index (χ3n) is 3.74. The molecular formula is C15H19Cl2N3O3. The SMILES string of the molecule is Cl.Cl.NCc1cc(=O)c2cc(C(=O)N3CC[C@@H](N)C3)ccc2o1. The predicted octanol–water partition coefficient (Wildman–Crippen LogP) is 1.27. The summed E-state index contributed by atoms with van der Waals surface area (Å²) < 4.78 is 5.50. The first-order valence-corrected chi connectivity index (χ1v) is 6.90. The smallest absolute Gasteiger partial charge is 0.253 e. The van der Waals surface area contributed by atoms with Gasteiger partial charge in [-0.2, -0.15) is 0 Å². The molecule has 1 amide bonds. The Bertz CT molecular complexity index is 763. The highest BCUT2D eigenvalue weighted by Gasteiger charge is 2.24. The second-order valence-corrected chi connectivity index (χ2v) is 5.29. The van der Waals surface area contributed by atoms with Gasteiger partial charge in [-0.1, -0.05) is 0 Å². The lowest BCUT2D eigenvalue weighted by Gasteiger charge is -2.15. The van der Waals surface area contributed by atoms with Crippen LogP contribution in [0.1, 0.15) is 22.5 Å². The monoisotopic (exact) mass is 359 g/mol. The maximum Gasteiger partial charge on any atom is 0.253 e. The van der Waals surface area contributed by atoms with Crippen molar-refractivity contribution in [1.82, 2.24) is 4.90 Å². The Morgan fingerprint density at radius 3 is 2.65 bits per heavy atom. The zero-order valence-electron chi connectivity index (χ0n) is 12.4. The highest BCUT2D eigenvalue weighted by Crippen LogP contribution is 2.18. The van der Waals surface area contributed by atoms with E-state index in [-0.39, 0.29) is 48.7 Å². The van der Waals surface area contributed by atoms with E-state index >= 15 is 0 Å². The highest BCUT2D eigenvalue weighted by atomic mass is 35.5. The first-order valence-electron chi connectivity index (χ1n) is 6.90. The van der Waals surface area contributed by atoms with E-state index in [4.69, 9.17) is 15.9 Å². The highest BCUT2D eigenvalue weighted by molar-refractivity contribution is 5.97. The minimum atomic E-state index is -0.190. The van der Waals surface area contributed by atoms with Gasteiger partial charge in [0.25, 0.3) is 5.91 Å². The van der Waals surface area contributed by atoms with Crippen molar-refractivity contribution in [1.29, 1.82) is 0 Å². The van der Waals surface area contributed by atoms with Crippen LogP contribution in [0.3, 0.4) is 0 Å². The quantitative estimate of drug-likeness (QED) is 0.840. The number of benzene rings is 1. The van der Waals surface area contributed by atoms with Gasteiger partial charge in [0, 0.05) is 30.8 Å². The second kappa shape index (κ2) is 7.79. The molecule has 0 radical (unpaired) electrons. The lowest BCUT2D eigenvalue weighted by molar-refractivity contribution is 0.0791. The minimum absolute atomic E-state index is 0. The number of nitrogens with two attached hydrogens (primary N) is 2. The van der Waals surface area contributed by atoms with E-state index < -0.39 is 0 Å². The van der Waals surface area contributed by atoms with Crippen LogP contribution in [0.25, 0.3) is 11.0 Å². The van der Waals surface area contributed by atoms with Gasteiger partial charge < -0.3 is 20.8 Å². The van der Waals surface area contributed by atoms with Crippen molar-refractivity contribution < 1.29 is 9.21 Å². The normalized spacial score (nSPS) is 16.8. The van der Waals surface area contributed by atoms with Crippen molar-refractivity contribution in [3.05, 3.63) is 45.8 Å². The Morgan fingerprint density at radius 2 is 2.04 bits per heavy atom. The number of hydrogen-bond donors (Lipinski definition) is 2. The van der Waals surface area contributed by atoms with E-state index in [1.54, 1.807) is 23.1 Å². The van der Waals surface area contributed by atoms with Gasteiger partial charge in [0.15, 0.2) is 5.43 Å². The molecule has 1 aliphatic rings. The minimum Gasteiger partial charge on any atom is -0.459 e. The molecule has 2 aromatic rings. The molecule has 1 atom stereocenters. The summed E-state index contributed by atoms with van der Waals surface area (Å²) in [7, 11) is 0. The van der Waals surface area contributed by atoms with Gasteiger partial charge >= 0.3 is 0 Å². The number of halogens is 2. The second-order valence-electron chi connectivity index (χ2n) is 5.29. The van der Waals surface area contributed by atoms with E-state index in [2.05, 4.69) is 0 Å². The van der Waals surface area contributed by atoms with Crippen molar-refractivity contribution in [3.8, 4) is 0 Å². The van der Waals surface area contributed by atoms with Gasteiger partial charge in [0.1, 0.15) is 11.3 Å². The van der Waals surface area contributed by atoms with Crippen LogP contribution in [-0.4, -0.2) is 29.9 Å². The molecule has 1 saturated heterocycles. The Labute approximate surface area is 145 Å². The molecule has 126 valence electrons. The van der Waals surface area contributed by atoms with Gasteiger partial charge in [-0.25, -0.2) is 0 Å². The molecule has 0 spiro atoms. The molecule has 1 aromatic carbocycles. The summed E-state index contributed by atoms with van der Waals surface area (Å²) in [6, 6.07) is 6.28. The average Bonchev–Trinajstić information content (AvgIpc) is 2.92. The van der Waals surface area contributed by atoms with Crippen molar-refractivity contribution in [2.75, 3.05) is 13.1 Å². The number of rotatable bonds is 2. The molecule has 0 aliphatic carbocycles. The van der Waals surface area contributed by atoms with Crippen molar-refractivity contribution >= 4 is 41.7 Å². The molecule has 0 unspecified atom stereocenters. The number of carbonyl (C=O) groups is 1. The summed E-state index contributed by atoms with van der Waals surface area (Å²) in [4.78, 5) is 26.1. The van der Waals surface area contributed by atoms with E-state index in [9.17, 15) is 9.59 Å². The number of carbonyl (C=O) groups excluding carboxylic acids is 1. The van der Waals surface area contributed by atoms with Gasteiger partial charge in [0.2, 0.25) is 0 Å². The Hall–Kier alpha value is -1.60. The third kappa shape index (κ3) is 3.84. The number of likely N-dealkylation sites (tertiary alicyclic amines) is 1. The fourth-order valence-corrected chi connectivity index (χ4v) is 2.59. The summed E-state index contributed by atoms with van der Waals surface area (Å²) in [6.45, 7) is 1.37. The fraction of sp³-hybridized carbons (Fsp3) is 0.333. The van der Waals surface area contributed by atoms with Crippen molar-refractivity contribution in [2.45, 2.75) is 19.0 Å². The molecule has 1 aromatic heterocycles. The first-order chi connectivity index (χ1) is 10.1. The molecule has 4 N–H and O–H groups in total. The van der Waals surface area contributed by atoms with Gasteiger partial charge in [-0.05, 0) is 24.6 Å². The van der Waals surface area contributed by atoms with Crippen molar-refractivity contribution in [2.24, 2.45) is 11.5 Å². The molecular weight excluding hydrogens is 341 g/mol. The van der Waals surface area contributed by atoms with Crippen LogP contribution in [0, 0.1) is 0 Å². The Balaban J connectivity index is 0.00000132. The number of hydrogen-bond acceptors (Lipinski definition) is 5. The van der Waals surface area contributed by atoms with E-state index in [0.29, 0.717) is 35.4 Å². The largest absolute Gasteiger partial charge is 0.459 e. The van der Waals surface area contributed by atoms with Crippen LogP contribution in [0.2, 0.25) is 0 Å². The number of nitrogens with zero attached hydrogens (tertiary/aromatic N) is 1. The lowest BCUT2D eigenvalue weighted by Crippen LogP contribution is -2.31. The van der Waals surface area contributed by atoms with Crippen molar-refractivity contribution in [3.63, 3.8) is 0 Å². The molecule has 0 bridgehead atoms. The maximum absolute atomic E-state index is 12.4. The third-order valence-corrected chi connectivity index (χ3v) is 3.74. The zero-order chi connectivity index (χ0) is 15.0.